The summed E-state index contributed by atoms with van der Waals surface area (Å²) in [4.78, 5) is 36.0. The third-order valence-corrected chi connectivity index (χ3v) is 7.05. The first kappa shape index (κ1) is 31.3. The highest BCUT2D eigenvalue weighted by molar-refractivity contribution is 6.11. The molecule has 41 heavy (non-hydrogen) atoms. The number of nitrogens with one attached hydrogen (secondary N) is 3. The number of carbonyl (C=O) groups excluding carboxylic acids is 1. The minimum Gasteiger partial charge on any atom is -0.391 e. The number of nitrogens with two attached hydrogens (primary N) is 1. The van der Waals surface area contributed by atoms with Gasteiger partial charge in [-0.3, -0.25) is 9.79 Å². The molecule has 1 aromatic heterocycles. The fraction of sp³-hybridized carbons (Fsp3) is 0.433. The molecule has 5 N–H and O–H groups in total. The van der Waals surface area contributed by atoms with Crippen LogP contribution in [0.4, 0.5) is 17.3 Å². The molecule has 1 fully saturated rings. The molecule has 0 saturated carbocycles. The van der Waals surface area contributed by atoms with Crippen LogP contribution in [0.5, 0.6) is 0 Å². The number of aryl methyl sites for hydroxylation is 1. The van der Waals surface area contributed by atoms with Crippen LogP contribution >= 0.6 is 0 Å². The fourth-order valence-electron chi connectivity index (χ4n) is 4.36. The zero-order chi connectivity index (χ0) is 30.3. The Morgan fingerprint density at radius 1 is 1.17 bits per heavy atom. The quantitative estimate of drug-likeness (QED) is 0.285. The molecular formula is C30H44N10O. The van der Waals surface area contributed by atoms with Gasteiger partial charge in [0.2, 0.25) is 5.95 Å². The molecule has 0 atom stereocenters. The lowest BCUT2D eigenvalue weighted by Crippen LogP contribution is -2.45. The molecule has 0 aliphatic carbocycles. The highest BCUT2D eigenvalue weighted by Gasteiger charge is 2.21. The molecular weight excluding hydrogens is 516 g/mol. The van der Waals surface area contributed by atoms with Gasteiger partial charge in [0.05, 0.1) is 17.6 Å². The highest BCUT2D eigenvalue weighted by atomic mass is 16.1. The number of aromatic nitrogens is 2. The molecule has 1 aliphatic heterocycles. The third-order valence-electron chi connectivity index (χ3n) is 7.05. The maximum absolute atomic E-state index is 13.3. The number of amidine groups is 2. The first-order chi connectivity index (χ1) is 19.4. The van der Waals surface area contributed by atoms with Gasteiger partial charge in [-0.05, 0) is 56.4 Å². The number of rotatable bonds is 8. The molecule has 220 valence electrons. The Kier molecular flexibility index (Phi) is 10.2. The lowest BCUT2D eigenvalue weighted by atomic mass is 9.91. The second-order valence-electron chi connectivity index (χ2n) is 11.1. The van der Waals surface area contributed by atoms with E-state index in [2.05, 4.69) is 70.1 Å². The van der Waals surface area contributed by atoms with Gasteiger partial charge in [0.15, 0.2) is 5.84 Å². The summed E-state index contributed by atoms with van der Waals surface area (Å²) in [5, 5.41) is 9.17. The van der Waals surface area contributed by atoms with E-state index in [0.717, 1.165) is 43.0 Å². The van der Waals surface area contributed by atoms with E-state index in [0.29, 0.717) is 34.4 Å². The molecule has 11 nitrogen and oxygen atoms in total. The number of piperazine rings is 1. The van der Waals surface area contributed by atoms with Gasteiger partial charge in [-0.1, -0.05) is 27.4 Å². The summed E-state index contributed by atoms with van der Waals surface area (Å²) in [6, 6.07) is 3.56. The molecule has 1 amide bonds. The maximum Gasteiger partial charge on any atom is 0.256 e. The number of amides is 1. The molecule has 0 spiro atoms. The SMILES string of the molecule is C=CNc1cnc(N2CCN(C)CC2)nc1C(N)=Nc1cc(C(=O)NC(C=C(NC)C(C)(C)C)=NC)cc(C)c1C. The number of likely N-dealkylation sites (N-methyl/N-ethyl adjacent to an activating group) is 1. The highest BCUT2D eigenvalue weighted by Crippen LogP contribution is 2.26. The lowest BCUT2D eigenvalue weighted by molar-refractivity contribution is 0.0977. The van der Waals surface area contributed by atoms with Crippen LogP contribution in [-0.4, -0.2) is 79.8 Å². The van der Waals surface area contributed by atoms with Crippen molar-refractivity contribution < 1.29 is 4.79 Å². The topological polar surface area (TPSA) is 136 Å². The zero-order valence-electron chi connectivity index (χ0n) is 25.6. The number of anilines is 2. The van der Waals surface area contributed by atoms with Gasteiger partial charge < -0.3 is 31.5 Å². The number of hydrogen-bond donors (Lipinski definition) is 4. The number of carbonyl (C=O) groups is 1. The van der Waals surface area contributed by atoms with Crippen molar-refractivity contribution >= 4 is 34.9 Å². The van der Waals surface area contributed by atoms with E-state index in [-0.39, 0.29) is 17.2 Å². The number of aliphatic imine (C=N–C) groups is 2. The van der Waals surface area contributed by atoms with Crippen molar-refractivity contribution in [3.05, 3.63) is 65.3 Å². The Morgan fingerprint density at radius 2 is 1.85 bits per heavy atom. The van der Waals surface area contributed by atoms with E-state index >= 15 is 0 Å². The average Bonchev–Trinajstić information content (AvgIpc) is 2.93. The van der Waals surface area contributed by atoms with Crippen LogP contribution in [0.15, 0.2) is 52.9 Å². The molecule has 1 aliphatic rings. The van der Waals surface area contributed by atoms with Gasteiger partial charge in [-0.2, -0.15) is 0 Å². The smallest absolute Gasteiger partial charge is 0.256 e. The van der Waals surface area contributed by atoms with E-state index in [1.807, 2.05) is 33.0 Å². The minimum absolute atomic E-state index is 0.139. The summed E-state index contributed by atoms with van der Waals surface area (Å²) < 4.78 is 0. The van der Waals surface area contributed by atoms with Crippen molar-refractivity contribution in [2.75, 3.05) is 57.5 Å². The van der Waals surface area contributed by atoms with Gasteiger partial charge in [0.1, 0.15) is 11.5 Å². The Morgan fingerprint density at radius 3 is 2.44 bits per heavy atom. The molecule has 2 aromatic rings. The van der Waals surface area contributed by atoms with Gasteiger partial charge in [-0.15, -0.1) is 0 Å². The van der Waals surface area contributed by atoms with Crippen LogP contribution in [0, 0.1) is 19.3 Å². The van der Waals surface area contributed by atoms with Crippen molar-refractivity contribution in [1.29, 1.82) is 0 Å². The first-order valence-electron chi connectivity index (χ1n) is 13.7. The molecule has 2 heterocycles. The third kappa shape index (κ3) is 7.91. The molecule has 0 unspecified atom stereocenters. The maximum atomic E-state index is 13.3. The summed E-state index contributed by atoms with van der Waals surface area (Å²) in [6.07, 6.45) is 5.08. The van der Waals surface area contributed by atoms with Crippen LogP contribution in [-0.2, 0) is 0 Å². The van der Waals surface area contributed by atoms with Crippen molar-refractivity contribution in [1.82, 2.24) is 25.5 Å². The number of allylic oxidation sites excluding steroid dienone is 1. The average molecular weight is 561 g/mol. The predicted octanol–water partition coefficient (Wildman–Crippen LogP) is 3.35. The van der Waals surface area contributed by atoms with E-state index in [4.69, 9.17) is 15.7 Å². The van der Waals surface area contributed by atoms with Crippen LogP contribution < -0.4 is 26.6 Å². The van der Waals surface area contributed by atoms with E-state index in [1.165, 1.54) is 0 Å². The number of benzene rings is 1. The minimum atomic E-state index is -0.294. The zero-order valence-corrected chi connectivity index (χ0v) is 25.6. The van der Waals surface area contributed by atoms with E-state index < -0.39 is 0 Å². The molecule has 3 rings (SSSR count). The number of hydrogen-bond acceptors (Lipinski definition) is 9. The Balaban J connectivity index is 1.97. The summed E-state index contributed by atoms with van der Waals surface area (Å²) in [5.74, 6) is 0.958. The van der Waals surface area contributed by atoms with Crippen molar-refractivity contribution in [3.8, 4) is 0 Å². The second-order valence-corrected chi connectivity index (χ2v) is 11.1. The van der Waals surface area contributed by atoms with Crippen LogP contribution in [0.2, 0.25) is 0 Å². The van der Waals surface area contributed by atoms with Gasteiger partial charge in [0, 0.05) is 56.9 Å². The lowest BCUT2D eigenvalue weighted by Gasteiger charge is -2.32. The van der Waals surface area contributed by atoms with Gasteiger partial charge in [-0.25, -0.2) is 15.0 Å². The Bertz CT molecular complexity index is 1360. The van der Waals surface area contributed by atoms with E-state index in [9.17, 15) is 4.79 Å². The second kappa shape index (κ2) is 13.4. The fourth-order valence-corrected chi connectivity index (χ4v) is 4.36. The summed E-state index contributed by atoms with van der Waals surface area (Å²) in [7, 11) is 5.60. The van der Waals surface area contributed by atoms with Crippen molar-refractivity contribution in [3.63, 3.8) is 0 Å². The van der Waals surface area contributed by atoms with Gasteiger partial charge >= 0.3 is 0 Å². The first-order valence-corrected chi connectivity index (χ1v) is 13.7. The monoisotopic (exact) mass is 560 g/mol. The summed E-state index contributed by atoms with van der Waals surface area (Å²) in [5.41, 5.74) is 11.3. The standard InChI is InChI=1S/C30H44N10O/c1-10-34-23-18-35-29(40-13-11-39(9)12-14-40)38-26(23)27(31)36-22-16-21(15-19(2)20(22)3)28(41)37-25(33-8)17-24(32-7)30(4,5)6/h10,15-18,32,34H,1,11-14H2,2-9H3,(H2,31,36)(H,33,37,41). The summed E-state index contributed by atoms with van der Waals surface area (Å²) in [6.45, 7) is 17.4. The largest absolute Gasteiger partial charge is 0.391 e. The Labute approximate surface area is 243 Å². The molecule has 0 radical (unpaired) electrons. The predicted molar refractivity (Wildman–Crippen MR) is 169 cm³/mol. The molecule has 1 saturated heterocycles. The van der Waals surface area contributed by atoms with Crippen LogP contribution in [0.1, 0.15) is 48.0 Å². The van der Waals surface area contributed by atoms with Crippen molar-refractivity contribution in [2.24, 2.45) is 21.1 Å². The van der Waals surface area contributed by atoms with Crippen LogP contribution in [0.3, 0.4) is 0 Å². The number of nitrogens with zero attached hydrogens (tertiary/aromatic N) is 6. The molecule has 11 heteroatoms. The van der Waals surface area contributed by atoms with E-state index in [1.54, 1.807) is 25.5 Å². The normalized spacial score (nSPS) is 15.5. The van der Waals surface area contributed by atoms with Crippen molar-refractivity contribution in [2.45, 2.75) is 34.6 Å². The van der Waals surface area contributed by atoms with Crippen LogP contribution in [0.25, 0.3) is 0 Å². The van der Waals surface area contributed by atoms with Gasteiger partial charge in [0.25, 0.3) is 5.91 Å². The molecule has 1 aromatic carbocycles. The Hall–Kier alpha value is -4.25. The molecule has 0 bridgehead atoms. The summed E-state index contributed by atoms with van der Waals surface area (Å²) >= 11 is 0.